The third-order valence-electron chi connectivity index (χ3n) is 4.68. The van der Waals surface area contributed by atoms with Gasteiger partial charge in [-0.3, -0.25) is 4.79 Å². The van der Waals surface area contributed by atoms with Crippen LogP contribution in [0.1, 0.15) is 25.3 Å². The lowest BCUT2D eigenvalue weighted by molar-refractivity contribution is -0.148. The predicted molar refractivity (Wildman–Crippen MR) is 88.8 cm³/mol. The summed E-state index contributed by atoms with van der Waals surface area (Å²) in [5, 5.41) is 3.65. The number of ether oxygens (including phenoxy) is 2. The van der Waals surface area contributed by atoms with Crippen LogP contribution in [0.5, 0.6) is 0 Å². The summed E-state index contributed by atoms with van der Waals surface area (Å²) in [4.78, 5) is 12.2. The molecule has 1 heterocycles. The van der Waals surface area contributed by atoms with E-state index in [1.54, 1.807) is 0 Å². The van der Waals surface area contributed by atoms with Gasteiger partial charge in [0.05, 0.1) is 12.5 Å². The molecular formula is C19H25NO3. The Labute approximate surface area is 137 Å². The molecule has 1 aliphatic heterocycles. The number of carbonyl (C=O) groups is 1. The van der Waals surface area contributed by atoms with Gasteiger partial charge in [0, 0.05) is 18.7 Å². The van der Waals surface area contributed by atoms with Crippen LogP contribution in [0.2, 0.25) is 0 Å². The summed E-state index contributed by atoms with van der Waals surface area (Å²) in [6.45, 7) is 4.19. The van der Waals surface area contributed by atoms with Crippen molar-refractivity contribution in [3.63, 3.8) is 0 Å². The first kappa shape index (κ1) is 16.2. The van der Waals surface area contributed by atoms with Crippen LogP contribution >= 0.6 is 0 Å². The van der Waals surface area contributed by atoms with Gasteiger partial charge in [0.1, 0.15) is 6.61 Å². The quantitative estimate of drug-likeness (QED) is 0.670. The highest BCUT2D eigenvalue weighted by Crippen LogP contribution is 2.23. The van der Waals surface area contributed by atoms with Crippen molar-refractivity contribution in [1.82, 2.24) is 5.32 Å². The summed E-state index contributed by atoms with van der Waals surface area (Å²) >= 11 is 0. The van der Waals surface area contributed by atoms with Crippen molar-refractivity contribution in [3.8, 4) is 0 Å². The Morgan fingerprint density at radius 1 is 1.30 bits per heavy atom. The Bertz CT molecular complexity index is 543. The standard InChI is InChI=1S/C19H25NO3/c1-14-12-22-10-9-18(14)20-17-8-7-16(11-17)19(21)23-13-15-5-3-2-4-6-15/h2-8,14,16-18,20H,9-13H2,1H3/t14?,16-,17?,18?/m0/s1. The van der Waals surface area contributed by atoms with Crippen molar-refractivity contribution in [3.05, 3.63) is 48.0 Å². The maximum absolute atomic E-state index is 12.2. The minimum absolute atomic E-state index is 0.130. The first-order valence-corrected chi connectivity index (χ1v) is 8.45. The minimum atomic E-state index is -0.133. The van der Waals surface area contributed by atoms with Gasteiger partial charge < -0.3 is 14.8 Å². The predicted octanol–water partition coefficient (Wildman–Crippen LogP) is 2.69. The molecule has 0 spiro atoms. The molecule has 0 amide bonds. The molecule has 23 heavy (non-hydrogen) atoms. The van der Waals surface area contributed by atoms with Crippen LogP contribution in [0.15, 0.2) is 42.5 Å². The largest absolute Gasteiger partial charge is 0.460 e. The Morgan fingerprint density at radius 3 is 2.91 bits per heavy atom. The van der Waals surface area contributed by atoms with Crippen LogP contribution in [-0.4, -0.2) is 31.3 Å². The monoisotopic (exact) mass is 315 g/mol. The maximum Gasteiger partial charge on any atom is 0.313 e. The molecule has 1 fully saturated rings. The van der Waals surface area contributed by atoms with E-state index in [0.717, 1.165) is 31.6 Å². The van der Waals surface area contributed by atoms with Gasteiger partial charge in [-0.25, -0.2) is 0 Å². The number of rotatable bonds is 5. The van der Waals surface area contributed by atoms with Crippen LogP contribution in [-0.2, 0) is 20.9 Å². The zero-order valence-electron chi connectivity index (χ0n) is 13.6. The van der Waals surface area contributed by atoms with Crippen molar-refractivity contribution in [2.24, 2.45) is 11.8 Å². The number of nitrogens with one attached hydrogen (secondary N) is 1. The Morgan fingerprint density at radius 2 is 2.13 bits per heavy atom. The molecule has 4 nitrogen and oxygen atoms in total. The first-order valence-electron chi connectivity index (χ1n) is 8.45. The smallest absolute Gasteiger partial charge is 0.313 e. The van der Waals surface area contributed by atoms with E-state index in [2.05, 4.69) is 18.3 Å². The molecule has 0 saturated carbocycles. The molecule has 4 atom stereocenters. The van der Waals surface area contributed by atoms with E-state index in [1.807, 2.05) is 36.4 Å². The minimum Gasteiger partial charge on any atom is -0.460 e. The van der Waals surface area contributed by atoms with Crippen molar-refractivity contribution in [1.29, 1.82) is 0 Å². The van der Waals surface area contributed by atoms with E-state index < -0.39 is 0 Å². The van der Waals surface area contributed by atoms with Gasteiger partial charge in [0.25, 0.3) is 0 Å². The number of benzene rings is 1. The molecular weight excluding hydrogens is 290 g/mol. The summed E-state index contributed by atoms with van der Waals surface area (Å²) in [5.74, 6) is 0.252. The van der Waals surface area contributed by atoms with E-state index in [9.17, 15) is 4.79 Å². The van der Waals surface area contributed by atoms with Gasteiger partial charge in [-0.2, -0.15) is 0 Å². The van der Waals surface area contributed by atoms with Crippen molar-refractivity contribution < 1.29 is 14.3 Å². The van der Waals surface area contributed by atoms with E-state index >= 15 is 0 Å². The van der Waals surface area contributed by atoms with Crippen LogP contribution < -0.4 is 5.32 Å². The van der Waals surface area contributed by atoms with Gasteiger partial charge >= 0.3 is 5.97 Å². The maximum atomic E-state index is 12.2. The van der Waals surface area contributed by atoms with E-state index in [0.29, 0.717) is 18.6 Å². The number of esters is 1. The molecule has 0 bridgehead atoms. The molecule has 1 aliphatic carbocycles. The average molecular weight is 315 g/mol. The van der Waals surface area contributed by atoms with Gasteiger partial charge in [-0.15, -0.1) is 0 Å². The van der Waals surface area contributed by atoms with Gasteiger partial charge in [-0.1, -0.05) is 49.4 Å². The number of carbonyl (C=O) groups excluding carboxylic acids is 1. The lowest BCUT2D eigenvalue weighted by Crippen LogP contribution is -2.45. The molecule has 1 N–H and O–H groups in total. The highest BCUT2D eigenvalue weighted by molar-refractivity contribution is 5.75. The van der Waals surface area contributed by atoms with Gasteiger partial charge in [-0.05, 0) is 24.3 Å². The second-order valence-corrected chi connectivity index (χ2v) is 6.54. The summed E-state index contributed by atoms with van der Waals surface area (Å²) in [5.41, 5.74) is 1.02. The zero-order chi connectivity index (χ0) is 16.1. The van der Waals surface area contributed by atoms with Crippen molar-refractivity contribution in [2.45, 2.75) is 38.5 Å². The highest BCUT2D eigenvalue weighted by Gasteiger charge is 2.30. The molecule has 3 unspecified atom stereocenters. The molecule has 2 aliphatic rings. The Kier molecular flexibility index (Phi) is 5.47. The normalized spacial score (nSPS) is 30.3. The molecule has 3 rings (SSSR count). The van der Waals surface area contributed by atoms with Gasteiger partial charge in [0.15, 0.2) is 0 Å². The molecule has 1 aromatic rings. The molecule has 0 radical (unpaired) electrons. The van der Waals surface area contributed by atoms with Crippen LogP contribution in [0, 0.1) is 11.8 Å². The van der Waals surface area contributed by atoms with Gasteiger partial charge in [0.2, 0.25) is 0 Å². The lowest BCUT2D eigenvalue weighted by atomic mass is 9.96. The van der Waals surface area contributed by atoms with Crippen LogP contribution in [0.3, 0.4) is 0 Å². The average Bonchev–Trinajstić information content (AvgIpc) is 3.04. The fraction of sp³-hybridized carbons (Fsp3) is 0.526. The van der Waals surface area contributed by atoms with E-state index in [-0.39, 0.29) is 17.9 Å². The summed E-state index contributed by atoms with van der Waals surface area (Å²) in [7, 11) is 0. The molecule has 124 valence electrons. The third-order valence-corrected chi connectivity index (χ3v) is 4.68. The zero-order valence-corrected chi connectivity index (χ0v) is 13.6. The number of hydrogen-bond donors (Lipinski definition) is 1. The van der Waals surface area contributed by atoms with E-state index in [1.165, 1.54) is 0 Å². The summed E-state index contributed by atoms with van der Waals surface area (Å²) in [6.07, 6.45) is 5.91. The highest BCUT2D eigenvalue weighted by atomic mass is 16.5. The molecule has 4 heteroatoms. The Balaban J connectivity index is 1.44. The summed E-state index contributed by atoms with van der Waals surface area (Å²) < 4.78 is 10.9. The summed E-state index contributed by atoms with van der Waals surface area (Å²) in [6, 6.07) is 10.5. The van der Waals surface area contributed by atoms with E-state index in [4.69, 9.17) is 9.47 Å². The topological polar surface area (TPSA) is 47.6 Å². The lowest BCUT2D eigenvalue weighted by Gasteiger charge is -2.31. The van der Waals surface area contributed by atoms with Crippen LogP contribution in [0.4, 0.5) is 0 Å². The molecule has 1 saturated heterocycles. The van der Waals surface area contributed by atoms with Crippen LogP contribution in [0.25, 0.3) is 0 Å². The second-order valence-electron chi connectivity index (χ2n) is 6.54. The first-order chi connectivity index (χ1) is 11.2. The SMILES string of the molecule is CC1COCCC1NC1C=C[C@H](C(=O)OCc2ccccc2)C1. The van der Waals surface area contributed by atoms with Crippen molar-refractivity contribution >= 4 is 5.97 Å². The molecule has 1 aromatic carbocycles. The number of hydrogen-bond acceptors (Lipinski definition) is 4. The second kappa shape index (κ2) is 7.75. The fourth-order valence-electron chi connectivity index (χ4n) is 3.24. The fourth-order valence-corrected chi connectivity index (χ4v) is 3.24. The molecule has 0 aromatic heterocycles. The van der Waals surface area contributed by atoms with Crippen molar-refractivity contribution in [2.75, 3.05) is 13.2 Å². The Hall–Kier alpha value is -1.65. The third kappa shape index (κ3) is 4.43.